The van der Waals surface area contributed by atoms with E-state index in [9.17, 15) is 4.79 Å². The van der Waals surface area contributed by atoms with Gasteiger partial charge in [0.25, 0.3) is 0 Å². The average Bonchev–Trinajstić information content (AvgIpc) is 2.36. The molecule has 21 heavy (non-hydrogen) atoms. The quantitative estimate of drug-likeness (QED) is 0.772. The van der Waals surface area contributed by atoms with Crippen LogP contribution in [0.15, 0.2) is 30.3 Å². The predicted molar refractivity (Wildman–Crippen MR) is 86.4 cm³/mol. The molecule has 2 heteroatoms. The topological polar surface area (TPSA) is 26.3 Å². The number of carbonyl (C=O) groups excluding carboxylic acids is 1. The summed E-state index contributed by atoms with van der Waals surface area (Å²) in [6.07, 6.45) is 0. The lowest BCUT2D eigenvalue weighted by Crippen LogP contribution is -2.15. The number of rotatable bonds is 4. The summed E-state index contributed by atoms with van der Waals surface area (Å²) in [7, 11) is 0. The zero-order chi connectivity index (χ0) is 15.6. The summed E-state index contributed by atoms with van der Waals surface area (Å²) < 4.78 is 5.70. The molecule has 0 amide bonds. The van der Waals surface area contributed by atoms with Crippen molar-refractivity contribution in [3.63, 3.8) is 0 Å². The van der Waals surface area contributed by atoms with Crippen molar-refractivity contribution < 1.29 is 9.53 Å². The molecule has 0 unspecified atom stereocenters. The molecule has 0 spiro atoms. The summed E-state index contributed by atoms with van der Waals surface area (Å²) in [4.78, 5) is 12.4. The fraction of sp³-hybridized carbons (Fsp3) is 0.316. The first kappa shape index (κ1) is 15.3. The molecule has 0 saturated heterocycles. The Labute approximate surface area is 126 Å². The normalized spacial score (nSPS) is 10.5. The van der Waals surface area contributed by atoms with Crippen LogP contribution in [-0.4, -0.2) is 12.4 Å². The van der Waals surface area contributed by atoms with Crippen LogP contribution in [0.25, 0.3) is 0 Å². The molecule has 0 aromatic heterocycles. The van der Waals surface area contributed by atoms with Crippen LogP contribution >= 0.6 is 0 Å². The van der Waals surface area contributed by atoms with Gasteiger partial charge >= 0.3 is 0 Å². The lowest BCUT2D eigenvalue weighted by Gasteiger charge is -2.12. The molecule has 0 fully saturated rings. The Morgan fingerprint density at radius 3 is 2.00 bits per heavy atom. The van der Waals surface area contributed by atoms with Crippen molar-refractivity contribution in [2.45, 2.75) is 34.6 Å². The Hall–Kier alpha value is -2.09. The van der Waals surface area contributed by atoms with E-state index < -0.39 is 0 Å². The van der Waals surface area contributed by atoms with Crippen molar-refractivity contribution >= 4 is 5.78 Å². The van der Waals surface area contributed by atoms with E-state index in [-0.39, 0.29) is 12.4 Å². The van der Waals surface area contributed by atoms with Gasteiger partial charge in [0.05, 0.1) is 0 Å². The van der Waals surface area contributed by atoms with Gasteiger partial charge in [0.2, 0.25) is 5.78 Å². The standard InChI is InChI=1S/C19H22O2/c1-12-6-7-18(14(3)8-12)21-11-17(20)19-15(4)9-13(2)10-16(19)5/h6-10H,11H2,1-5H3. The van der Waals surface area contributed by atoms with E-state index in [1.54, 1.807) is 0 Å². The summed E-state index contributed by atoms with van der Waals surface area (Å²) in [6, 6.07) is 10.1. The third kappa shape index (κ3) is 3.52. The molecule has 0 aliphatic rings. The van der Waals surface area contributed by atoms with E-state index in [2.05, 4.69) is 6.07 Å². The van der Waals surface area contributed by atoms with E-state index in [0.717, 1.165) is 28.0 Å². The van der Waals surface area contributed by atoms with Crippen molar-refractivity contribution in [2.24, 2.45) is 0 Å². The first-order chi connectivity index (χ1) is 9.88. The van der Waals surface area contributed by atoms with Crippen LogP contribution in [0, 0.1) is 34.6 Å². The largest absolute Gasteiger partial charge is 0.485 e. The van der Waals surface area contributed by atoms with Crippen LogP contribution in [0.2, 0.25) is 0 Å². The molecule has 0 bridgehead atoms. The number of Topliss-reactive ketones (excluding diaryl/α,β-unsaturated/α-hetero) is 1. The molecule has 0 radical (unpaired) electrons. The summed E-state index contributed by atoms with van der Waals surface area (Å²) in [5.41, 5.74) is 6.24. The number of ketones is 1. The Balaban J connectivity index is 2.16. The average molecular weight is 282 g/mol. The highest BCUT2D eigenvalue weighted by Crippen LogP contribution is 2.21. The number of carbonyl (C=O) groups is 1. The van der Waals surface area contributed by atoms with Crippen molar-refractivity contribution in [1.29, 1.82) is 0 Å². The van der Waals surface area contributed by atoms with E-state index in [4.69, 9.17) is 4.74 Å². The highest BCUT2D eigenvalue weighted by molar-refractivity contribution is 6.00. The van der Waals surface area contributed by atoms with E-state index in [1.807, 2.05) is 58.9 Å². The van der Waals surface area contributed by atoms with Gasteiger partial charge in [-0.3, -0.25) is 4.79 Å². The fourth-order valence-corrected chi connectivity index (χ4v) is 2.80. The van der Waals surface area contributed by atoms with Crippen molar-refractivity contribution in [3.8, 4) is 5.75 Å². The highest BCUT2D eigenvalue weighted by Gasteiger charge is 2.14. The van der Waals surface area contributed by atoms with Gasteiger partial charge in [-0.1, -0.05) is 35.4 Å². The minimum Gasteiger partial charge on any atom is -0.485 e. The van der Waals surface area contributed by atoms with Crippen LogP contribution in [0.3, 0.4) is 0 Å². The summed E-state index contributed by atoms with van der Waals surface area (Å²) >= 11 is 0. The molecule has 2 rings (SSSR count). The minimum atomic E-state index is 0.0324. The van der Waals surface area contributed by atoms with Gasteiger partial charge in [0.1, 0.15) is 5.75 Å². The van der Waals surface area contributed by atoms with Gasteiger partial charge in [-0.15, -0.1) is 0 Å². The molecule has 0 atom stereocenters. The van der Waals surface area contributed by atoms with Gasteiger partial charge in [-0.2, -0.15) is 0 Å². The van der Waals surface area contributed by atoms with E-state index >= 15 is 0 Å². The van der Waals surface area contributed by atoms with E-state index in [0.29, 0.717) is 0 Å². The number of hydrogen-bond donors (Lipinski definition) is 0. The number of aryl methyl sites for hydroxylation is 5. The lowest BCUT2D eigenvalue weighted by molar-refractivity contribution is 0.0920. The summed E-state index contributed by atoms with van der Waals surface area (Å²) in [6.45, 7) is 10.1. The predicted octanol–water partition coefficient (Wildman–Crippen LogP) is 4.49. The molecule has 0 saturated carbocycles. The van der Waals surface area contributed by atoms with Crippen LogP contribution in [0.5, 0.6) is 5.75 Å². The molecule has 0 aliphatic heterocycles. The molecule has 2 aromatic carbocycles. The SMILES string of the molecule is Cc1ccc(OCC(=O)c2c(C)cc(C)cc2C)c(C)c1. The summed E-state index contributed by atoms with van der Waals surface area (Å²) in [5, 5.41) is 0. The number of hydrogen-bond acceptors (Lipinski definition) is 2. The monoisotopic (exact) mass is 282 g/mol. The molecule has 2 aromatic rings. The first-order valence-electron chi connectivity index (χ1n) is 7.19. The van der Waals surface area contributed by atoms with Gasteiger partial charge in [0, 0.05) is 5.56 Å². The van der Waals surface area contributed by atoms with Crippen molar-refractivity contribution in [3.05, 3.63) is 63.7 Å². The van der Waals surface area contributed by atoms with Crippen LogP contribution < -0.4 is 4.74 Å². The number of ether oxygens (including phenoxy) is 1. The molecule has 2 nitrogen and oxygen atoms in total. The maximum atomic E-state index is 12.4. The van der Waals surface area contributed by atoms with Crippen LogP contribution in [-0.2, 0) is 0 Å². The van der Waals surface area contributed by atoms with Gasteiger partial charge in [-0.05, 0) is 57.4 Å². The second-order valence-electron chi connectivity index (χ2n) is 5.75. The lowest BCUT2D eigenvalue weighted by atomic mass is 9.97. The molecular weight excluding hydrogens is 260 g/mol. The highest BCUT2D eigenvalue weighted by atomic mass is 16.5. The Morgan fingerprint density at radius 2 is 1.43 bits per heavy atom. The maximum Gasteiger partial charge on any atom is 0.200 e. The smallest absolute Gasteiger partial charge is 0.200 e. The molecule has 0 aliphatic carbocycles. The van der Waals surface area contributed by atoms with Crippen molar-refractivity contribution in [2.75, 3.05) is 6.61 Å². The van der Waals surface area contributed by atoms with Gasteiger partial charge in [0.15, 0.2) is 6.61 Å². The van der Waals surface area contributed by atoms with Crippen LogP contribution in [0.1, 0.15) is 38.2 Å². The first-order valence-corrected chi connectivity index (χ1v) is 7.19. The van der Waals surface area contributed by atoms with Crippen molar-refractivity contribution in [1.82, 2.24) is 0 Å². The van der Waals surface area contributed by atoms with Gasteiger partial charge in [-0.25, -0.2) is 0 Å². The maximum absolute atomic E-state index is 12.4. The zero-order valence-electron chi connectivity index (χ0n) is 13.4. The second kappa shape index (κ2) is 6.13. The number of benzene rings is 2. The second-order valence-corrected chi connectivity index (χ2v) is 5.75. The molecule has 0 N–H and O–H groups in total. The fourth-order valence-electron chi connectivity index (χ4n) is 2.80. The zero-order valence-corrected chi connectivity index (χ0v) is 13.4. The summed E-state index contributed by atoms with van der Waals surface area (Å²) in [5.74, 6) is 0.807. The third-order valence-electron chi connectivity index (χ3n) is 3.65. The molecular formula is C19H22O2. The van der Waals surface area contributed by atoms with Gasteiger partial charge < -0.3 is 4.74 Å². The van der Waals surface area contributed by atoms with Crippen LogP contribution in [0.4, 0.5) is 0 Å². The molecule has 0 heterocycles. The molecule has 110 valence electrons. The Kier molecular flexibility index (Phi) is 4.46. The Morgan fingerprint density at radius 1 is 0.857 bits per heavy atom. The Bertz CT molecular complexity index is 661. The minimum absolute atomic E-state index is 0.0324. The third-order valence-corrected chi connectivity index (χ3v) is 3.65. The van der Waals surface area contributed by atoms with E-state index in [1.165, 1.54) is 11.1 Å².